The zero-order chi connectivity index (χ0) is 27.2. The number of unbranched alkanes of at least 4 members (excludes halogenated alkanes) is 21. The van der Waals surface area contributed by atoms with Crippen LogP contribution in [0.1, 0.15) is 174 Å². The van der Waals surface area contributed by atoms with Gasteiger partial charge in [0.15, 0.2) is 0 Å². The van der Waals surface area contributed by atoms with Crippen LogP contribution >= 0.6 is 0 Å². The first-order chi connectivity index (χ1) is 18.1. The molecule has 0 rings (SSSR count). The summed E-state index contributed by atoms with van der Waals surface area (Å²) in [4.78, 5) is 33.9. The summed E-state index contributed by atoms with van der Waals surface area (Å²) in [7, 11) is 0. The highest BCUT2D eigenvalue weighted by atomic mass is 16.7. The van der Waals surface area contributed by atoms with E-state index in [-0.39, 0.29) is 25.2 Å². The van der Waals surface area contributed by atoms with E-state index in [2.05, 4.69) is 6.92 Å². The quantitative estimate of drug-likeness (QED) is 0.0593. The van der Waals surface area contributed by atoms with Crippen molar-refractivity contribution in [1.82, 2.24) is 0 Å². The van der Waals surface area contributed by atoms with Crippen LogP contribution < -0.4 is 0 Å². The number of carbonyl (C=O) groups excluding carboxylic acids is 2. The number of carboxylic acids is 1. The van der Waals surface area contributed by atoms with Crippen LogP contribution in [0.15, 0.2) is 0 Å². The van der Waals surface area contributed by atoms with Crippen molar-refractivity contribution in [1.29, 1.82) is 0 Å². The zero-order valence-electron chi connectivity index (χ0n) is 24.1. The molecular weight excluding hydrogens is 468 g/mol. The van der Waals surface area contributed by atoms with Gasteiger partial charge in [0.1, 0.15) is 0 Å². The Hall–Kier alpha value is -1.59. The van der Waals surface area contributed by atoms with Gasteiger partial charge in [0.2, 0.25) is 6.79 Å². The first kappa shape index (κ1) is 35.4. The summed E-state index contributed by atoms with van der Waals surface area (Å²) in [5.74, 6) is -1.32. The molecule has 0 radical (unpaired) electrons. The van der Waals surface area contributed by atoms with Crippen LogP contribution in [0.3, 0.4) is 0 Å². The van der Waals surface area contributed by atoms with Crippen LogP contribution in [0, 0.1) is 0 Å². The summed E-state index contributed by atoms with van der Waals surface area (Å²) >= 11 is 0. The molecule has 0 aliphatic rings. The average molecular weight is 527 g/mol. The Morgan fingerprint density at radius 1 is 0.432 bits per heavy atom. The monoisotopic (exact) mass is 526 g/mol. The maximum absolute atomic E-state index is 11.8. The maximum atomic E-state index is 11.8. The number of hydrogen-bond acceptors (Lipinski definition) is 5. The lowest BCUT2D eigenvalue weighted by molar-refractivity contribution is -0.167. The van der Waals surface area contributed by atoms with E-state index in [0.29, 0.717) is 12.8 Å². The molecule has 0 aliphatic carbocycles. The molecule has 0 bridgehead atoms. The van der Waals surface area contributed by atoms with Crippen LogP contribution in [-0.2, 0) is 23.9 Å². The van der Waals surface area contributed by atoms with Gasteiger partial charge in [0.05, 0.1) is 0 Å². The largest absolute Gasteiger partial charge is 0.481 e. The summed E-state index contributed by atoms with van der Waals surface area (Å²) < 4.78 is 10.0. The molecule has 0 spiro atoms. The maximum Gasteiger partial charge on any atom is 0.308 e. The first-order valence-electron chi connectivity index (χ1n) is 15.6. The van der Waals surface area contributed by atoms with Gasteiger partial charge in [0.25, 0.3) is 0 Å². The molecule has 0 unspecified atom stereocenters. The van der Waals surface area contributed by atoms with Crippen LogP contribution in [-0.4, -0.2) is 29.8 Å². The Labute approximate surface area is 227 Å². The Morgan fingerprint density at radius 3 is 1.00 bits per heavy atom. The number of esters is 2. The van der Waals surface area contributed by atoms with E-state index in [1.54, 1.807) is 0 Å². The molecule has 0 saturated heterocycles. The van der Waals surface area contributed by atoms with Gasteiger partial charge in [-0.05, 0) is 19.3 Å². The number of carbonyl (C=O) groups is 3. The van der Waals surface area contributed by atoms with Gasteiger partial charge in [-0.2, -0.15) is 0 Å². The average Bonchev–Trinajstić information content (AvgIpc) is 2.87. The second kappa shape index (κ2) is 29.0. The van der Waals surface area contributed by atoms with E-state index in [1.807, 2.05) is 0 Å². The highest BCUT2D eigenvalue weighted by Gasteiger charge is 2.06. The van der Waals surface area contributed by atoms with Crippen molar-refractivity contribution in [2.45, 2.75) is 174 Å². The molecule has 218 valence electrons. The van der Waals surface area contributed by atoms with Gasteiger partial charge in [-0.3, -0.25) is 14.4 Å². The van der Waals surface area contributed by atoms with Gasteiger partial charge in [0, 0.05) is 19.3 Å². The minimum atomic E-state index is -0.720. The van der Waals surface area contributed by atoms with Crippen LogP contribution in [0.25, 0.3) is 0 Å². The van der Waals surface area contributed by atoms with Crippen molar-refractivity contribution in [3.8, 4) is 0 Å². The van der Waals surface area contributed by atoms with Gasteiger partial charge in [-0.25, -0.2) is 0 Å². The highest BCUT2D eigenvalue weighted by molar-refractivity contribution is 5.70. The third-order valence-electron chi connectivity index (χ3n) is 6.95. The molecule has 0 fully saturated rings. The number of rotatable bonds is 29. The molecule has 1 N–H and O–H groups in total. The minimum absolute atomic E-state index is 0.261. The van der Waals surface area contributed by atoms with Crippen molar-refractivity contribution in [3.05, 3.63) is 0 Å². The van der Waals surface area contributed by atoms with E-state index < -0.39 is 5.97 Å². The van der Waals surface area contributed by atoms with Gasteiger partial charge >= 0.3 is 17.9 Å². The summed E-state index contributed by atoms with van der Waals surface area (Å²) in [6, 6.07) is 0. The molecule has 0 saturated carbocycles. The summed E-state index contributed by atoms with van der Waals surface area (Å²) in [5.41, 5.74) is 0. The number of hydrogen-bond donors (Lipinski definition) is 1. The van der Waals surface area contributed by atoms with E-state index in [1.165, 1.54) is 83.5 Å². The number of aliphatic carboxylic acids is 1. The Bertz CT molecular complexity index is 534. The molecule has 0 aromatic rings. The molecule has 0 aliphatic heterocycles. The predicted molar refractivity (Wildman–Crippen MR) is 150 cm³/mol. The van der Waals surface area contributed by atoms with Crippen molar-refractivity contribution >= 4 is 17.9 Å². The second-order valence-corrected chi connectivity index (χ2v) is 10.6. The van der Waals surface area contributed by atoms with Crippen LogP contribution in [0.2, 0.25) is 0 Å². The molecule has 37 heavy (non-hydrogen) atoms. The minimum Gasteiger partial charge on any atom is -0.481 e. The molecule has 6 heteroatoms. The Kier molecular flexibility index (Phi) is 27.7. The molecule has 6 nitrogen and oxygen atoms in total. The highest BCUT2D eigenvalue weighted by Crippen LogP contribution is 2.14. The zero-order valence-corrected chi connectivity index (χ0v) is 24.1. The lowest BCUT2D eigenvalue weighted by Gasteiger charge is -2.07. The van der Waals surface area contributed by atoms with Crippen LogP contribution in [0.4, 0.5) is 0 Å². The van der Waals surface area contributed by atoms with E-state index in [0.717, 1.165) is 64.2 Å². The molecule has 0 aromatic heterocycles. The van der Waals surface area contributed by atoms with Crippen molar-refractivity contribution in [2.24, 2.45) is 0 Å². The van der Waals surface area contributed by atoms with E-state index in [9.17, 15) is 14.4 Å². The fourth-order valence-electron chi connectivity index (χ4n) is 4.55. The summed E-state index contributed by atoms with van der Waals surface area (Å²) in [6.07, 6.45) is 28.3. The molecule has 0 amide bonds. The SMILES string of the molecule is CCCCCCCCCCCCCCCCCC(=O)OCOC(=O)CCCCCCCCCCC(=O)O. The van der Waals surface area contributed by atoms with Crippen molar-refractivity contribution < 1.29 is 29.0 Å². The second-order valence-electron chi connectivity index (χ2n) is 10.6. The smallest absolute Gasteiger partial charge is 0.308 e. The Morgan fingerprint density at radius 2 is 0.703 bits per heavy atom. The van der Waals surface area contributed by atoms with Crippen LogP contribution in [0.5, 0.6) is 0 Å². The third kappa shape index (κ3) is 30.5. The first-order valence-corrected chi connectivity index (χ1v) is 15.6. The summed E-state index contributed by atoms with van der Waals surface area (Å²) in [5, 5.41) is 8.59. The normalized spacial score (nSPS) is 10.9. The van der Waals surface area contributed by atoms with E-state index >= 15 is 0 Å². The lowest BCUT2D eigenvalue weighted by atomic mass is 10.0. The van der Waals surface area contributed by atoms with Crippen molar-refractivity contribution in [2.75, 3.05) is 6.79 Å². The standard InChI is InChI=1S/C31H58O6/c1-2-3-4-5-6-7-8-9-10-11-12-13-17-20-23-26-30(34)36-28-37-31(35)27-24-21-18-15-14-16-19-22-25-29(32)33/h2-28H2,1H3,(H,32,33). The number of carboxylic acid groups (broad SMARTS) is 1. The Balaban J connectivity index is 3.29. The number of ether oxygens (including phenoxy) is 2. The fraction of sp³-hybridized carbons (Fsp3) is 0.903. The van der Waals surface area contributed by atoms with Gasteiger partial charge < -0.3 is 14.6 Å². The topological polar surface area (TPSA) is 89.9 Å². The molecule has 0 aromatic carbocycles. The molecular formula is C31H58O6. The summed E-state index contributed by atoms with van der Waals surface area (Å²) in [6.45, 7) is 1.99. The lowest BCUT2D eigenvalue weighted by Crippen LogP contribution is -2.12. The van der Waals surface area contributed by atoms with Crippen molar-refractivity contribution in [3.63, 3.8) is 0 Å². The van der Waals surface area contributed by atoms with Gasteiger partial charge in [-0.15, -0.1) is 0 Å². The fourth-order valence-corrected chi connectivity index (χ4v) is 4.55. The van der Waals surface area contributed by atoms with Gasteiger partial charge in [-0.1, -0.05) is 135 Å². The third-order valence-corrected chi connectivity index (χ3v) is 6.95. The van der Waals surface area contributed by atoms with E-state index in [4.69, 9.17) is 14.6 Å². The predicted octanol–water partition coefficient (Wildman–Crippen LogP) is 9.28. The molecule has 0 heterocycles. The molecule has 0 atom stereocenters.